The molecule has 1 heterocycles. The first-order chi connectivity index (χ1) is 8.45. The van der Waals surface area contributed by atoms with Crippen LogP contribution in [-0.2, 0) is 7.05 Å². The van der Waals surface area contributed by atoms with Crippen molar-refractivity contribution in [1.29, 1.82) is 0 Å². The number of aromatic nitrogens is 2. The third kappa shape index (κ3) is 4.10. The third-order valence-electron chi connectivity index (χ3n) is 3.68. The minimum atomic E-state index is 0.207. The predicted octanol–water partition coefficient (Wildman–Crippen LogP) is 1.94. The van der Waals surface area contributed by atoms with Gasteiger partial charge in [-0.15, -0.1) is 0 Å². The van der Waals surface area contributed by atoms with Crippen LogP contribution in [0.2, 0.25) is 0 Å². The zero-order chi connectivity index (χ0) is 13.7. The van der Waals surface area contributed by atoms with E-state index in [0.717, 1.165) is 6.54 Å². The Morgan fingerprint density at radius 3 is 2.28 bits per heavy atom. The molecule has 1 aromatic rings. The molecule has 0 radical (unpaired) electrons. The maximum absolute atomic E-state index is 5.85. The van der Waals surface area contributed by atoms with E-state index in [-0.39, 0.29) is 6.04 Å². The number of rotatable bonds is 7. The van der Waals surface area contributed by atoms with Crippen molar-refractivity contribution >= 4 is 0 Å². The molecular weight excluding hydrogens is 224 g/mol. The van der Waals surface area contributed by atoms with E-state index in [4.69, 9.17) is 5.73 Å². The van der Waals surface area contributed by atoms with Gasteiger partial charge in [0.25, 0.3) is 0 Å². The first kappa shape index (κ1) is 15.2. The van der Waals surface area contributed by atoms with Gasteiger partial charge in [0.2, 0.25) is 0 Å². The Bertz CT molecular complexity index is 335. The van der Waals surface area contributed by atoms with Crippen molar-refractivity contribution < 1.29 is 0 Å². The van der Waals surface area contributed by atoms with Crippen LogP contribution >= 0.6 is 0 Å². The van der Waals surface area contributed by atoms with Crippen LogP contribution in [0.5, 0.6) is 0 Å². The lowest BCUT2D eigenvalue weighted by atomic mass is 9.85. The summed E-state index contributed by atoms with van der Waals surface area (Å²) in [6, 6.07) is 0.207. The Labute approximate surface area is 111 Å². The molecule has 0 saturated carbocycles. The van der Waals surface area contributed by atoms with E-state index >= 15 is 0 Å². The van der Waals surface area contributed by atoms with Crippen LogP contribution in [0, 0.1) is 17.8 Å². The number of nitrogens with two attached hydrogens (primary N) is 1. The van der Waals surface area contributed by atoms with Gasteiger partial charge in [-0.2, -0.15) is 5.10 Å². The molecule has 1 rings (SSSR count). The van der Waals surface area contributed by atoms with E-state index in [1.807, 2.05) is 24.1 Å². The lowest BCUT2D eigenvalue weighted by molar-refractivity contribution is 0.266. The third-order valence-corrected chi connectivity index (χ3v) is 3.68. The summed E-state index contributed by atoms with van der Waals surface area (Å²) in [5.41, 5.74) is 7.03. The zero-order valence-corrected chi connectivity index (χ0v) is 12.4. The van der Waals surface area contributed by atoms with Crippen molar-refractivity contribution in [1.82, 2.24) is 15.1 Å². The quantitative estimate of drug-likeness (QED) is 0.779. The summed E-state index contributed by atoms with van der Waals surface area (Å²) in [6.45, 7) is 10.8. The van der Waals surface area contributed by atoms with Gasteiger partial charge in [-0.1, -0.05) is 27.7 Å². The van der Waals surface area contributed by atoms with Gasteiger partial charge in [-0.3, -0.25) is 4.68 Å². The van der Waals surface area contributed by atoms with E-state index in [0.29, 0.717) is 24.3 Å². The molecule has 1 unspecified atom stereocenters. The van der Waals surface area contributed by atoms with Crippen molar-refractivity contribution in [2.45, 2.75) is 33.7 Å². The van der Waals surface area contributed by atoms with Gasteiger partial charge in [0.05, 0.1) is 6.20 Å². The van der Waals surface area contributed by atoms with Crippen LogP contribution in [0.3, 0.4) is 0 Å². The minimum Gasteiger partial charge on any atom is -0.329 e. The van der Waals surface area contributed by atoms with Crippen LogP contribution in [0.25, 0.3) is 0 Å². The van der Waals surface area contributed by atoms with Crippen LogP contribution in [-0.4, -0.2) is 22.9 Å². The zero-order valence-electron chi connectivity index (χ0n) is 12.4. The number of nitrogens with one attached hydrogen (secondary N) is 1. The van der Waals surface area contributed by atoms with Crippen molar-refractivity contribution in [3.8, 4) is 0 Å². The van der Waals surface area contributed by atoms with Crippen molar-refractivity contribution in [2.75, 3.05) is 13.1 Å². The highest BCUT2D eigenvalue weighted by atomic mass is 15.2. The van der Waals surface area contributed by atoms with Crippen LogP contribution in [0.15, 0.2) is 12.4 Å². The summed E-state index contributed by atoms with van der Waals surface area (Å²) >= 11 is 0. The monoisotopic (exact) mass is 252 g/mol. The van der Waals surface area contributed by atoms with E-state index in [1.165, 1.54) is 5.56 Å². The smallest absolute Gasteiger partial charge is 0.0538 e. The summed E-state index contributed by atoms with van der Waals surface area (Å²) in [6.07, 6.45) is 3.93. The van der Waals surface area contributed by atoms with E-state index in [1.54, 1.807) is 0 Å². The molecule has 0 fully saturated rings. The average Bonchev–Trinajstić information content (AvgIpc) is 2.70. The lowest BCUT2D eigenvalue weighted by Crippen LogP contribution is -2.35. The van der Waals surface area contributed by atoms with Crippen LogP contribution in [0.1, 0.15) is 39.3 Å². The fourth-order valence-corrected chi connectivity index (χ4v) is 2.48. The van der Waals surface area contributed by atoms with Crippen LogP contribution < -0.4 is 11.1 Å². The second-order valence-electron chi connectivity index (χ2n) is 5.80. The fraction of sp³-hybridized carbons (Fsp3) is 0.786. The second kappa shape index (κ2) is 6.90. The Morgan fingerprint density at radius 1 is 1.28 bits per heavy atom. The van der Waals surface area contributed by atoms with Gasteiger partial charge in [-0.25, -0.2) is 0 Å². The highest BCUT2D eigenvalue weighted by Crippen LogP contribution is 2.21. The minimum absolute atomic E-state index is 0.207. The Kier molecular flexibility index (Phi) is 5.82. The molecule has 0 aliphatic rings. The van der Waals surface area contributed by atoms with Gasteiger partial charge in [-0.05, 0) is 24.3 Å². The maximum Gasteiger partial charge on any atom is 0.0538 e. The van der Waals surface area contributed by atoms with Crippen LogP contribution in [0.4, 0.5) is 0 Å². The van der Waals surface area contributed by atoms with Gasteiger partial charge < -0.3 is 11.1 Å². The summed E-state index contributed by atoms with van der Waals surface area (Å²) in [5.74, 6) is 2.05. The molecule has 3 N–H and O–H groups in total. The van der Waals surface area contributed by atoms with Crippen molar-refractivity contribution in [2.24, 2.45) is 30.5 Å². The standard InChI is InChI=1S/C14H28N4/c1-10(2)13(11(3)4)8-16-14(6-15)12-7-17-18(5)9-12/h7,9-11,13-14,16H,6,8,15H2,1-5H3. The molecule has 4 heteroatoms. The summed E-state index contributed by atoms with van der Waals surface area (Å²) in [7, 11) is 1.93. The van der Waals surface area contributed by atoms with E-state index in [2.05, 4.69) is 38.1 Å². The van der Waals surface area contributed by atoms with E-state index in [9.17, 15) is 0 Å². The molecule has 0 spiro atoms. The Morgan fingerprint density at radius 2 is 1.89 bits per heavy atom. The lowest BCUT2D eigenvalue weighted by Gasteiger charge is -2.27. The topological polar surface area (TPSA) is 55.9 Å². The molecule has 0 saturated heterocycles. The normalized spacial score (nSPS) is 13.8. The molecule has 0 aliphatic carbocycles. The number of hydrogen-bond acceptors (Lipinski definition) is 3. The average molecular weight is 252 g/mol. The first-order valence-electron chi connectivity index (χ1n) is 6.87. The molecule has 0 aromatic carbocycles. The number of aryl methyl sites for hydroxylation is 1. The Hall–Kier alpha value is -0.870. The summed E-state index contributed by atoms with van der Waals surface area (Å²) < 4.78 is 1.82. The number of hydrogen-bond donors (Lipinski definition) is 2. The fourth-order valence-electron chi connectivity index (χ4n) is 2.48. The highest BCUT2D eigenvalue weighted by molar-refractivity contribution is 5.10. The van der Waals surface area contributed by atoms with Gasteiger partial charge >= 0.3 is 0 Å². The Balaban J connectivity index is 2.59. The predicted molar refractivity (Wildman–Crippen MR) is 76.2 cm³/mol. The molecule has 0 aliphatic heterocycles. The highest BCUT2D eigenvalue weighted by Gasteiger charge is 2.19. The van der Waals surface area contributed by atoms with Gasteiger partial charge in [0, 0.05) is 31.4 Å². The molecule has 1 atom stereocenters. The molecule has 0 amide bonds. The summed E-state index contributed by atoms with van der Waals surface area (Å²) in [5, 5.41) is 7.79. The van der Waals surface area contributed by atoms with Gasteiger partial charge in [0.1, 0.15) is 0 Å². The van der Waals surface area contributed by atoms with Crippen molar-refractivity contribution in [3.63, 3.8) is 0 Å². The largest absolute Gasteiger partial charge is 0.329 e. The second-order valence-corrected chi connectivity index (χ2v) is 5.80. The van der Waals surface area contributed by atoms with Gasteiger partial charge in [0.15, 0.2) is 0 Å². The molecule has 1 aromatic heterocycles. The maximum atomic E-state index is 5.85. The molecule has 4 nitrogen and oxygen atoms in total. The molecule has 18 heavy (non-hydrogen) atoms. The number of nitrogens with zero attached hydrogens (tertiary/aromatic N) is 2. The molecular formula is C14H28N4. The first-order valence-corrected chi connectivity index (χ1v) is 6.87. The summed E-state index contributed by atoms with van der Waals surface area (Å²) in [4.78, 5) is 0. The van der Waals surface area contributed by atoms with E-state index < -0.39 is 0 Å². The SMILES string of the molecule is CC(C)C(CNC(CN)c1cnn(C)c1)C(C)C. The molecule has 104 valence electrons. The van der Waals surface area contributed by atoms with Crippen molar-refractivity contribution in [3.05, 3.63) is 18.0 Å². The molecule has 0 bridgehead atoms.